The van der Waals surface area contributed by atoms with Crippen LogP contribution in [0.3, 0.4) is 0 Å². The summed E-state index contributed by atoms with van der Waals surface area (Å²) in [6.07, 6.45) is 2.92. The van der Waals surface area contributed by atoms with Gasteiger partial charge in [-0.15, -0.1) is 0 Å². The fraction of sp³-hybridized carbons (Fsp3) is 0.562. The van der Waals surface area contributed by atoms with Gasteiger partial charge in [-0.3, -0.25) is 4.79 Å². The third-order valence-corrected chi connectivity index (χ3v) is 3.26. The predicted molar refractivity (Wildman–Crippen MR) is 81.9 cm³/mol. The first-order chi connectivity index (χ1) is 9.65. The van der Waals surface area contributed by atoms with Gasteiger partial charge in [0.2, 0.25) is 5.91 Å². The number of carbonyl (C=O) groups is 1. The summed E-state index contributed by atoms with van der Waals surface area (Å²) in [6, 6.07) is 7.74. The van der Waals surface area contributed by atoms with E-state index in [9.17, 15) is 4.79 Å². The molecular formula is C16H26N2O2. The molecule has 0 aliphatic heterocycles. The molecule has 4 heteroatoms. The molecule has 1 rings (SSSR count). The number of ether oxygens (including phenoxy) is 1. The Balaban J connectivity index is 2.21. The molecule has 0 saturated heterocycles. The highest BCUT2D eigenvalue weighted by Crippen LogP contribution is 2.10. The van der Waals surface area contributed by atoms with Crippen LogP contribution in [0.15, 0.2) is 24.3 Å². The zero-order valence-electron chi connectivity index (χ0n) is 12.8. The lowest BCUT2D eigenvalue weighted by Gasteiger charge is -2.15. The number of nitrogens with one attached hydrogen (secondary N) is 1. The van der Waals surface area contributed by atoms with Crippen LogP contribution < -0.4 is 10.1 Å². The Morgan fingerprint density at radius 2 is 1.95 bits per heavy atom. The van der Waals surface area contributed by atoms with Gasteiger partial charge in [-0.05, 0) is 37.7 Å². The van der Waals surface area contributed by atoms with Crippen molar-refractivity contribution in [2.45, 2.75) is 32.7 Å². The molecule has 112 valence electrons. The van der Waals surface area contributed by atoms with Crippen molar-refractivity contribution in [3.05, 3.63) is 29.8 Å². The van der Waals surface area contributed by atoms with Crippen molar-refractivity contribution >= 4 is 5.91 Å². The third-order valence-electron chi connectivity index (χ3n) is 3.26. The van der Waals surface area contributed by atoms with Crippen molar-refractivity contribution in [3.8, 4) is 5.75 Å². The summed E-state index contributed by atoms with van der Waals surface area (Å²) in [4.78, 5) is 14.0. The number of hydrogen-bond donors (Lipinski definition) is 1. The highest BCUT2D eigenvalue weighted by Gasteiger charge is 2.04. The van der Waals surface area contributed by atoms with Gasteiger partial charge in [-0.1, -0.05) is 25.5 Å². The second-order valence-corrected chi connectivity index (χ2v) is 5.03. The number of amides is 1. The quantitative estimate of drug-likeness (QED) is 0.754. The molecule has 0 unspecified atom stereocenters. The van der Waals surface area contributed by atoms with Crippen molar-refractivity contribution in [2.75, 3.05) is 27.2 Å². The summed E-state index contributed by atoms with van der Waals surface area (Å²) >= 11 is 0. The van der Waals surface area contributed by atoms with Gasteiger partial charge in [0.1, 0.15) is 5.75 Å². The maximum Gasteiger partial charge on any atom is 0.221 e. The second-order valence-electron chi connectivity index (χ2n) is 5.03. The standard InChI is InChI=1S/C16H26N2O2/c1-4-5-11-18(2)12-10-16(19)17-13-14-6-8-15(20-3)9-7-14/h6-9H,4-5,10-13H2,1-3H3,(H,17,19). The Morgan fingerprint density at radius 1 is 1.25 bits per heavy atom. The van der Waals surface area contributed by atoms with E-state index in [0.717, 1.165) is 24.4 Å². The zero-order chi connectivity index (χ0) is 14.8. The van der Waals surface area contributed by atoms with Gasteiger partial charge in [-0.2, -0.15) is 0 Å². The van der Waals surface area contributed by atoms with E-state index >= 15 is 0 Å². The molecule has 0 spiro atoms. The monoisotopic (exact) mass is 278 g/mol. The summed E-state index contributed by atoms with van der Waals surface area (Å²) in [7, 11) is 3.71. The minimum absolute atomic E-state index is 0.101. The van der Waals surface area contributed by atoms with Crippen molar-refractivity contribution in [1.29, 1.82) is 0 Å². The zero-order valence-corrected chi connectivity index (χ0v) is 12.8. The van der Waals surface area contributed by atoms with Crippen LogP contribution in [-0.2, 0) is 11.3 Å². The summed E-state index contributed by atoms with van der Waals surface area (Å²) in [5, 5.41) is 2.94. The highest BCUT2D eigenvalue weighted by atomic mass is 16.5. The first kappa shape index (κ1) is 16.5. The molecule has 0 radical (unpaired) electrons. The van der Waals surface area contributed by atoms with Crippen LogP contribution in [0.4, 0.5) is 0 Å². The number of benzene rings is 1. The molecule has 0 saturated carbocycles. The van der Waals surface area contributed by atoms with Crippen molar-refractivity contribution in [1.82, 2.24) is 10.2 Å². The SMILES string of the molecule is CCCCN(C)CCC(=O)NCc1ccc(OC)cc1. The number of nitrogens with zero attached hydrogens (tertiary/aromatic N) is 1. The van der Waals surface area contributed by atoms with Gasteiger partial charge in [0.15, 0.2) is 0 Å². The van der Waals surface area contributed by atoms with E-state index in [-0.39, 0.29) is 5.91 Å². The molecule has 1 N–H and O–H groups in total. The number of hydrogen-bond acceptors (Lipinski definition) is 3. The van der Waals surface area contributed by atoms with Crippen LogP contribution in [0.2, 0.25) is 0 Å². The van der Waals surface area contributed by atoms with E-state index in [4.69, 9.17) is 4.74 Å². The van der Waals surface area contributed by atoms with Crippen LogP contribution in [0.1, 0.15) is 31.7 Å². The molecule has 0 atom stereocenters. The first-order valence-electron chi connectivity index (χ1n) is 7.24. The van der Waals surface area contributed by atoms with Gasteiger partial charge in [0, 0.05) is 19.5 Å². The van der Waals surface area contributed by atoms with E-state index in [1.165, 1.54) is 12.8 Å². The Labute approximate surface area is 122 Å². The average Bonchev–Trinajstić information content (AvgIpc) is 2.49. The summed E-state index contributed by atoms with van der Waals surface area (Å²) in [6.45, 7) is 4.62. The fourth-order valence-electron chi connectivity index (χ4n) is 1.86. The van der Waals surface area contributed by atoms with Gasteiger partial charge >= 0.3 is 0 Å². The van der Waals surface area contributed by atoms with E-state index in [2.05, 4.69) is 24.2 Å². The molecular weight excluding hydrogens is 252 g/mol. The minimum atomic E-state index is 0.101. The topological polar surface area (TPSA) is 41.6 Å². The lowest BCUT2D eigenvalue weighted by Crippen LogP contribution is -2.29. The summed E-state index contributed by atoms with van der Waals surface area (Å²) < 4.78 is 5.10. The Morgan fingerprint density at radius 3 is 2.55 bits per heavy atom. The van der Waals surface area contributed by atoms with Gasteiger partial charge in [0.25, 0.3) is 0 Å². The normalized spacial score (nSPS) is 10.6. The highest BCUT2D eigenvalue weighted by molar-refractivity contribution is 5.76. The lowest BCUT2D eigenvalue weighted by atomic mass is 10.2. The van der Waals surface area contributed by atoms with Crippen LogP contribution in [0.5, 0.6) is 5.75 Å². The van der Waals surface area contributed by atoms with Crippen molar-refractivity contribution in [2.24, 2.45) is 0 Å². The molecule has 0 aliphatic carbocycles. The number of carbonyl (C=O) groups excluding carboxylic acids is 1. The molecule has 4 nitrogen and oxygen atoms in total. The summed E-state index contributed by atoms with van der Waals surface area (Å²) in [5.41, 5.74) is 1.08. The van der Waals surface area contributed by atoms with Crippen LogP contribution in [0.25, 0.3) is 0 Å². The predicted octanol–water partition coefficient (Wildman–Crippen LogP) is 2.43. The molecule has 1 aromatic rings. The molecule has 20 heavy (non-hydrogen) atoms. The smallest absolute Gasteiger partial charge is 0.221 e. The van der Waals surface area contributed by atoms with Gasteiger partial charge < -0.3 is 15.0 Å². The molecule has 0 bridgehead atoms. The molecule has 0 aromatic heterocycles. The van der Waals surface area contributed by atoms with Crippen LogP contribution >= 0.6 is 0 Å². The van der Waals surface area contributed by atoms with Crippen molar-refractivity contribution in [3.63, 3.8) is 0 Å². The fourth-order valence-corrected chi connectivity index (χ4v) is 1.86. The molecule has 1 amide bonds. The summed E-state index contributed by atoms with van der Waals surface area (Å²) in [5.74, 6) is 0.932. The number of unbranched alkanes of at least 4 members (excludes halogenated alkanes) is 1. The Kier molecular flexibility index (Phi) is 7.73. The minimum Gasteiger partial charge on any atom is -0.497 e. The van der Waals surface area contributed by atoms with Crippen molar-refractivity contribution < 1.29 is 9.53 Å². The largest absolute Gasteiger partial charge is 0.497 e. The lowest BCUT2D eigenvalue weighted by molar-refractivity contribution is -0.121. The van der Waals surface area contributed by atoms with Gasteiger partial charge in [0.05, 0.1) is 7.11 Å². The van der Waals surface area contributed by atoms with E-state index < -0.39 is 0 Å². The second kappa shape index (κ2) is 9.37. The van der Waals surface area contributed by atoms with Gasteiger partial charge in [-0.25, -0.2) is 0 Å². The van der Waals surface area contributed by atoms with Crippen LogP contribution in [-0.4, -0.2) is 38.1 Å². The number of methoxy groups -OCH3 is 1. The molecule has 0 heterocycles. The Hall–Kier alpha value is -1.55. The van der Waals surface area contributed by atoms with Crippen LogP contribution in [0, 0.1) is 0 Å². The maximum atomic E-state index is 11.8. The van der Waals surface area contributed by atoms with E-state index in [0.29, 0.717) is 13.0 Å². The van der Waals surface area contributed by atoms with E-state index in [1.54, 1.807) is 7.11 Å². The first-order valence-corrected chi connectivity index (χ1v) is 7.24. The molecule has 0 aliphatic rings. The Bertz CT molecular complexity index is 390. The molecule has 1 aromatic carbocycles. The third kappa shape index (κ3) is 6.57. The van der Waals surface area contributed by atoms with E-state index in [1.807, 2.05) is 24.3 Å². The molecule has 0 fully saturated rings. The maximum absolute atomic E-state index is 11.8. The number of rotatable bonds is 9. The average molecular weight is 278 g/mol.